The maximum Gasteiger partial charge on any atom is 0.308 e. The molecule has 8 heteroatoms. The molecular formula is C18H22N2O6. The van der Waals surface area contributed by atoms with Crippen LogP contribution in [-0.2, 0) is 14.4 Å². The number of benzene rings is 1. The number of hydrogen-bond donors (Lipinski definition) is 1. The molecule has 1 saturated heterocycles. The molecule has 0 spiro atoms. The topological polar surface area (TPSA) is 96.4 Å². The van der Waals surface area contributed by atoms with E-state index in [2.05, 4.69) is 0 Å². The van der Waals surface area contributed by atoms with Crippen molar-refractivity contribution in [2.45, 2.75) is 18.9 Å². The fraction of sp³-hybridized carbons (Fsp3) is 0.500. The first-order valence-corrected chi connectivity index (χ1v) is 8.59. The Bertz CT molecular complexity index is 707. The van der Waals surface area contributed by atoms with Crippen LogP contribution in [0.15, 0.2) is 24.3 Å². The van der Waals surface area contributed by atoms with Crippen molar-refractivity contribution in [1.82, 2.24) is 9.80 Å². The van der Waals surface area contributed by atoms with Gasteiger partial charge in [-0.1, -0.05) is 12.1 Å². The van der Waals surface area contributed by atoms with Gasteiger partial charge in [0.05, 0.1) is 12.5 Å². The van der Waals surface area contributed by atoms with E-state index in [4.69, 9.17) is 14.6 Å². The molecule has 0 aliphatic carbocycles. The quantitative estimate of drug-likeness (QED) is 0.843. The zero-order valence-electron chi connectivity index (χ0n) is 14.6. The molecular weight excluding hydrogens is 340 g/mol. The highest BCUT2D eigenvalue weighted by Gasteiger charge is 2.32. The number of rotatable bonds is 4. The first kappa shape index (κ1) is 18.0. The molecule has 2 aliphatic rings. The fourth-order valence-electron chi connectivity index (χ4n) is 3.17. The van der Waals surface area contributed by atoms with Crippen molar-refractivity contribution in [3.05, 3.63) is 24.3 Å². The van der Waals surface area contributed by atoms with Gasteiger partial charge in [-0.15, -0.1) is 0 Å². The number of fused-ring (bicyclic) bond motifs is 1. The number of carboxylic acids is 1. The Morgan fingerprint density at radius 2 is 2.00 bits per heavy atom. The number of carboxylic acid groups (broad SMARTS) is 1. The van der Waals surface area contributed by atoms with Gasteiger partial charge in [0, 0.05) is 20.1 Å². The summed E-state index contributed by atoms with van der Waals surface area (Å²) in [5, 5.41) is 9.13. The number of likely N-dealkylation sites (N-methyl/N-ethyl adjacent to an activating group) is 1. The second kappa shape index (κ2) is 7.63. The van der Waals surface area contributed by atoms with Crippen molar-refractivity contribution in [1.29, 1.82) is 0 Å². The zero-order chi connectivity index (χ0) is 18.7. The molecule has 8 nitrogen and oxygen atoms in total. The molecule has 2 unspecified atom stereocenters. The summed E-state index contributed by atoms with van der Waals surface area (Å²) in [6.45, 7) is 0.666. The van der Waals surface area contributed by atoms with Gasteiger partial charge >= 0.3 is 5.97 Å². The van der Waals surface area contributed by atoms with Gasteiger partial charge in [0.15, 0.2) is 11.5 Å². The van der Waals surface area contributed by atoms with Crippen molar-refractivity contribution in [3.8, 4) is 11.5 Å². The number of aliphatic carboxylic acids is 1. The van der Waals surface area contributed by atoms with Crippen molar-refractivity contribution < 1.29 is 29.0 Å². The van der Waals surface area contributed by atoms with Gasteiger partial charge in [0.1, 0.15) is 6.61 Å². The van der Waals surface area contributed by atoms with E-state index in [9.17, 15) is 14.4 Å². The normalized spacial score (nSPS) is 21.8. The monoisotopic (exact) mass is 362 g/mol. The van der Waals surface area contributed by atoms with Gasteiger partial charge in [-0.25, -0.2) is 0 Å². The summed E-state index contributed by atoms with van der Waals surface area (Å²) in [7, 11) is 1.53. The summed E-state index contributed by atoms with van der Waals surface area (Å²) < 4.78 is 11.2. The minimum Gasteiger partial charge on any atom is -0.485 e. The van der Waals surface area contributed by atoms with E-state index in [1.165, 1.54) is 16.8 Å². The van der Waals surface area contributed by atoms with E-state index >= 15 is 0 Å². The number of carbonyl (C=O) groups excluding carboxylic acids is 2. The van der Waals surface area contributed by atoms with E-state index in [0.717, 1.165) is 0 Å². The molecule has 2 amide bonds. The summed E-state index contributed by atoms with van der Waals surface area (Å²) in [5.41, 5.74) is 0. The zero-order valence-corrected chi connectivity index (χ0v) is 14.6. The predicted molar refractivity (Wildman–Crippen MR) is 90.9 cm³/mol. The van der Waals surface area contributed by atoms with Crippen LogP contribution in [0.5, 0.6) is 11.5 Å². The molecule has 0 aromatic heterocycles. The lowest BCUT2D eigenvalue weighted by Gasteiger charge is -2.33. The molecule has 26 heavy (non-hydrogen) atoms. The molecule has 3 rings (SSSR count). The fourth-order valence-corrected chi connectivity index (χ4v) is 3.17. The van der Waals surface area contributed by atoms with Crippen molar-refractivity contribution in [2.75, 3.05) is 33.3 Å². The third kappa shape index (κ3) is 3.89. The van der Waals surface area contributed by atoms with Crippen LogP contribution < -0.4 is 9.47 Å². The maximum atomic E-state index is 12.6. The highest BCUT2D eigenvalue weighted by Crippen LogP contribution is 2.31. The third-order valence-corrected chi connectivity index (χ3v) is 4.66. The van der Waals surface area contributed by atoms with Gasteiger partial charge in [0.25, 0.3) is 5.91 Å². The lowest BCUT2D eigenvalue weighted by Crippen LogP contribution is -2.50. The largest absolute Gasteiger partial charge is 0.485 e. The van der Waals surface area contributed by atoms with E-state index in [1.807, 2.05) is 6.07 Å². The SMILES string of the molecule is CN(CC(=O)N1CCCC(C(=O)O)C1)C(=O)C1COc2ccccc2O1. The Labute approximate surface area is 151 Å². The summed E-state index contributed by atoms with van der Waals surface area (Å²) in [5.74, 6) is -0.956. The second-order valence-corrected chi connectivity index (χ2v) is 6.58. The maximum absolute atomic E-state index is 12.6. The molecule has 0 saturated carbocycles. The van der Waals surface area contributed by atoms with Crippen LogP contribution in [0.25, 0.3) is 0 Å². The standard InChI is InChI=1S/C18H22N2O6/c1-19(10-16(21)20-8-4-5-12(9-20)18(23)24)17(22)15-11-25-13-6-2-3-7-14(13)26-15/h2-3,6-7,12,15H,4-5,8-11H2,1H3,(H,23,24). The van der Waals surface area contributed by atoms with Crippen LogP contribution in [0, 0.1) is 5.92 Å². The summed E-state index contributed by atoms with van der Waals surface area (Å²) >= 11 is 0. The molecule has 0 radical (unpaired) electrons. The Morgan fingerprint density at radius 3 is 2.73 bits per heavy atom. The van der Waals surface area contributed by atoms with Crippen LogP contribution >= 0.6 is 0 Å². The summed E-state index contributed by atoms with van der Waals surface area (Å²) in [6, 6.07) is 7.09. The molecule has 0 bridgehead atoms. The first-order valence-electron chi connectivity index (χ1n) is 8.59. The molecule has 2 aliphatic heterocycles. The smallest absolute Gasteiger partial charge is 0.308 e. The number of piperidine rings is 1. The van der Waals surface area contributed by atoms with Gasteiger partial charge < -0.3 is 24.4 Å². The van der Waals surface area contributed by atoms with Crippen molar-refractivity contribution >= 4 is 17.8 Å². The number of ether oxygens (including phenoxy) is 2. The first-order chi connectivity index (χ1) is 12.5. The molecule has 1 aromatic rings. The van der Waals surface area contributed by atoms with E-state index < -0.39 is 18.0 Å². The number of likely N-dealkylation sites (tertiary alicyclic amines) is 1. The molecule has 1 aromatic carbocycles. The second-order valence-electron chi connectivity index (χ2n) is 6.58. The Morgan fingerprint density at radius 1 is 1.27 bits per heavy atom. The highest BCUT2D eigenvalue weighted by atomic mass is 16.6. The van der Waals surface area contributed by atoms with E-state index in [1.54, 1.807) is 18.2 Å². The molecule has 2 heterocycles. The summed E-state index contributed by atoms with van der Waals surface area (Å²) in [4.78, 5) is 38.9. The van der Waals surface area contributed by atoms with Crippen LogP contribution in [0.4, 0.5) is 0 Å². The molecule has 2 atom stereocenters. The Kier molecular flexibility index (Phi) is 5.29. The number of para-hydroxylation sites is 2. The predicted octanol–water partition coefficient (Wildman–Crippen LogP) is 0.608. The van der Waals surface area contributed by atoms with E-state index in [-0.39, 0.29) is 31.5 Å². The van der Waals surface area contributed by atoms with Crippen molar-refractivity contribution in [3.63, 3.8) is 0 Å². The minimum atomic E-state index is -0.890. The van der Waals surface area contributed by atoms with Crippen LogP contribution in [-0.4, -0.2) is 72.1 Å². The molecule has 1 fully saturated rings. The Balaban J connectivity index is 1.56. The average molecular weight is 362 g/mol. The number of nitrogens with zero attached hydrogens (tertiary/aromatic N) is 2. The third-order valence-electron chi connectivity index (χ3n) is 4.66. The Hall–Kier alpha value is -2.77. The lowest BCUT2D eigenvalue weighted by atomic mass is 9.98. The van der Waals surface area contributed by atoms with Crippen LogP contribution in [0.2, 0.25) is 0 Å². The van der Waals surface area contributed by atoms with Gasteiger partial charge in [-0.2, -0.15) is 0 Å². The summed E-state index contributed by atoms with van der Waals surface area (Å²) in [6.07, 6.45) is 0.410. The number of hydrogen-bond acceptors (Lipinski definition) is 5. The number of carbonyl (C=O) groups is 3. The number of amides is 2. The van der Waals surface area contributed by atoms with Gasteiger partial charge in [-0.05, 0) is 25.0 Å². The highest BCUT2D eigenvalue weighted by molar-refractivity contribution is 5.87. The lowest BCUT2D eigenvalue weighted by molar-refractivity contribution is -0.149. The van der Waals surface area contributed by atoms with Crippen molar-refractivity contribution in [2.24, 2.45) is 5.92 Å². The van der Waals surface area contributed by atoms with Gasteiger partial charge in [0.2, 0.25) is 12.0 Å². The molecule has 140 valence electrons. The van der Waals surface area contributed by atoms with Gasteiger partial charge in [-0.3, -0.25) is 14.4 Å². The van der Waals surface area contributed by atoms with E-state index in [0.29, 0.717) is 30.9 Å². The minimum absolute atomic E-state index is 0.0825. The van der Waals surface area contributed by atoms with Crippen LogP contribution in [0.3, 0.4) is 0 Å². The van der Waals surface area contributed by atoms with Crippen LogP contribution in [0.1, 0.15) is 12.8 Å². The molecule has 1 N–H and O–H groups in total. The average Bonchev–Trinajstić information content (AvgIpc) is 2.67.